The fraction of sp³-hybridized carbons (Fsp3) is 0.903. The number of carbonyl (C=O) groups excluding carboxylic acids is 3. The van der Waals surface area contributed by atoms with Gasteiger partial charge in [-0.25, -0.2) is 0 Å². The molecule has 4 saturated carbocycles. The highest BCUT2D eigenvalue weighted by Crippen LogP contribution is 2.59. The van der Waals surface area contributed by atoms with E-state index in [0.717, 1.165) is 57.8 Å². The van der Waals surface area contributed by atoms with E-state index in [1.807, 2.05) is 0 Å². The van der Waals surface area contributed by atoms with Gasteiger partial charge in [-0.1, -0.05) is 62.3 Å². The van der Waals surface area contributed by atoms with Crippen LogP contribution >= 0.6 is 0 Å². The molecule has 4 bridgehead atoms. The van der Waals surface area contributed by atoms with Gasteiger partial charge in [0.25, 0.3) is 0 Å². The molecule has 6 heteroatoms. The second-order valence-electron chi connectivity index (χ2n) is 16.7. The van der Waals surface area contributed by atoms with Gasteiger partial charge in [-0.2, -0.15) is 0 Å². The van der Waals surface area contributed by atoms with Gasteiger partial charge in [-0.05, 0) is 80.0 Å². The van der Waals surface area contributed by atoms with E-state index in [2.05, 4.69) is 78.3 Å². The summed E-state index contributed by atoms with van der Waals surface area (Å²) in [5.41, 5.74) is -0.815. The van der Waals surface area contributed by atoms with Crippen molar-refractivity contribution >= 4 is 17.7 Å². The second-order valence-corrected chi connectivity index (χ2v) is 16.7. The van der Waals surface area contributed by atoms with Crippen LogP contribution < -0.4 is 16.0 Å². The molecular formula is C31H55N3O3. The van der Waals surface area contributed by atoms with Crippen LogP contribution in [0.25, 0.3) is 0 Å². The molecule has 37 heavy (non-hydrogen) atoms. The Morgan fingerprint density at radius 1 is 0.541 bits per heavy atom. The Labute approximate surface area is 226 Å². The van der Waals surface area contributed by atoms with Crippen LogP contribution in [0.3, 0.4) is 0 Å². The predicted molar refractivity (Wildman–Crippen MR) is 150 cm³/mol. The molecule has 4 fully saturated rings. The molecule has 0 aromatic rings. The van der Waals surface area contributed by atoms with Crippen LogP contribution in [0, 0.1) is 22.2 Å². The maximum atomic E-state index is 13.2. The van der Waals surface area contributed by atoms with Crippen LogP contribution in [0.1, 0.15) is 139 Å². The van der Waals surface area contributed by atoms with E-state index in [1.54, 1.807) is 0 Å². The van der Waals surface area contributed by atoms with Gasteiger partial charge in [0, 0.05) is 35.9 Å². The van der Waals surface area contributed by atoms with Gasteiger partial charge in [0.2, 0.25) is 17.7 Å². The average molecular weight is 518 g/mol. The summed E-state index contributed by atoms with van der Waals surface area (Å²) in [7, 11) is 0. The number of hydrogen-bond acceptors (Lipinski definition) is 3. The van der Waals surface area contributed by atoms with Gasteiger partial charge in [0.15, 0.2) is 0 Å². The van der Waals surface area contributed by atoms with E-state index < -0.39 is 0 Å². The molecule has 6 nitrogen and oxygen atoms in total. The zero-order valence-corrected chi connectivity index (χ0v) is 25.3. The smallest absolute Gasteiger partial charge is 0.220 e. The van der Waals surface area contributed by atoms with Crippen molar-refractivity contribution < 1.29 is 14.4 Å². The minimum atomic E-state index is -0.372. The second kappa shape index (κ2) is 10.2. The van der Waals surface area contributed by atoms with Gasteiger partial charge in [0.1, 0.15) is 0 Å². The van der Waals surface area contributed by atoms with Crippen molar-refractivity contribution in [3.8, 4) is 0 Å². The first-order valence-electron chi connectivity index (χ1n) is 14.6. The van der Waals surface area contributed by atoms with Crippen LogP contribution in [0.4, 0.5) is 0 Å². The maximum Gasteiger partial charge on any atom is 0.220 e. The Kier molecular flexibility index (Phi) is 8.25. The van der Waals surface area contributed by atoms with Crippen molar-refractivity contribution in [2.45, 2.75) is 156 Å². The fourth-order valence-corrected chi connectivity index (χ4v) is 7.40. The number of amides is 3. The molecule has 3 amide bonds. The van der Waals surface area contributed by atoms with Crippen molar-refractivity contribution in [1.29, 1.82) is 0 Å². The molecule has 0 aromatic carbocycles. The molecule has 0 atom stereocenters. The average Bonchev–Trinajstić information content (AvgIpc) is 2.65. The van der Waals surface area contributed by atoms with Gasteiger partial charge in [-0.3, -0.25) is 14.4 Å². The van der Waals surface area contributed by atoms with Crippen LogP contribution in [0.2, 0.25) is 0 Å². The Hall–Kier alpha value is -1.59. The van der Waals surface area contributed by atoms with Crippen molar-refractivity contribution in [2.75, 3.05) is 0 Å². The highest BCUT2D eigenvalue weighted by Gasteiger charge is 2.64. The molecule has 0 heterocycles. The van der Waals surface area contributed by atoms with Crippen molar-refractivity contribution in [3.05, 3.63) is 0 Å². The van der Waals surface area contributed by atoms with Crippen LogP contribution in [0.5, 0.6) is 0 Å². The summed E-state index contributed by atoms with van der Waals surface area (Å²) >= 11 is 0. The summed E-state index contributed by atoms with van der Waals surface area (Å²) in [6, 6.07) is 0. The molecule has 4 aliphatic rings. The summed E-state index contributed by atoms with van der Waals surface area (Å²) in [4.78, 5) is 39.5. The molecule has 0 aromatic heterocycles. The number of hydrogen-bond donors (Lipinski definition) is 3. The normalized spacial score (nSPS) is 31.2. The molecule has 0 aliphatic heterocycles. The highest BCUT2D eigenvalue weighted by atomic mass is 16.2. The van der Waals surface area contributed by atoms with Crippen molar-refractivity contribution in [3.63, 3.8) is 0 Å². The third kappa shape index (κ3) is 8.71. The SMILES string of the molecule is CC(C)(C)CCC(=O)NC12CC3CC(NC(=O)CCC(C)(C)C)(C1)CC(NC(=O)CCC(C)(C)C)(C3)C2. The predicted octanol–water partition coefficient (Wildman–Crippen LogP) is 6.03. The molecule has 4 aliphatic carbocycles. The molecular weight excluding hydrogens is 462 g/mol. The lowest BCUT2D eigenvalue weighted by atomic mass is 9.47. The van der Waals surface area contributed by atoms with Gasteiger partial charge in [0.05, 0.1) is 0 Å². The van der Waals surface area contributed by atoms with Crippen LogP contribution in [0.15, 0.2) is 0 Å². The summed E-state index contributed by atoms with van der Waals surface area (Å²) in [5, 5.41) is 10.4. The lowest BCUT2D eigenvalue weighted by Crippen LogP contribution is -2.77. The van der Waals surface area contributed by atoms with Crippen molar-refractivity contribution in [2.24, 2.45) is 22.2 Å². The first kappa shape index (κ1) is 30.0. The number of carbonyl (C=O) groups is 3. The first-order valence-corrected chi connectivity index (χ1v) is 14.6. The van der Waals surface area contributed by atoms with E-state index >= 15 is 0 Å². The van der Waals surface area contributed by atoms with E-state index in [-0.39, 0.29) is 50.6 Å². The Morgan fingerprint density at radius 3 is 1.00 bits per heavy atom. The molecule has 0 unspecified atom stereocenters. The molecule has 0 spiro atoms. The van der Waals surface area contributed by atoms with E-state index in [9.17, 15) is 14.4 Å². The molecule has 0 saturated heterocycles. The largest absolute Gasteiger partial charge is 0.350 e. The van der Waals surface area contributed by atoms with Gasteiger partial charge in [-0.15, -0.1) is 0 Å². The fourth-order valence-electron chi connectivity index (χ4n) is 7.40. The lowest BCUT2D eigenvalue weighted by molar-refractivity contribution is -0.140. The van der Waals surface area contributed by atoms with Gasteiger partial charge < -0.3 is 16.0 Å². The summed E-state index contributed by atoms with van der Waals surface area (Å²) in [6.45, 7) is 19.5. The Morgan fingerprint density at radius 2 is 0.784 bits per heavy atom. The quantitative estimate of drug-likeness (QED) is 0.349. The lowest BCUT2D eigenvalue weighted by Gasteiger charge is -2.66. The first-order chi connectivity index (χ1) is 16.7. The minimum absolute atomic E-state index is 0.0975. The van der Waals surface area contributed by atoms with E-state index in [0.29, 0.717) is 25.2 Å². The minimum Gasteiger partial charge on any atom is -0.350 e. The molecule has 4 rings (SSSR count). The van der Waals surface area contributed by atoms with E-state index in [1.165, 1.54) is 0 Å². The topological polar surface area (TPSA) is 87.3 Å². The summed E-state index contributed by atoms with van der Waals surface area (Å²) < 4.78 is 0. The van der Waals surface area contributed by atoms with Crippen LogP contribution in [-0.2, 0) is 14.4 Å². The van der Waals surface area contributed by atoms with Gasteiger partial charge >= 0.3 is 0 Å². The molecule has 212 valence electrons. The number of nitrogens with one attached hydrogen (secondary N) is 3. The zero-order chi connectivity index (χ0) is 27.9. The van der Waals surface area contributed by atoms with Crippen LogP contribution in [-0.4, -0.2) is 34.3 Å². The van der Waals surface area contributed by atoms with Crippen molar-refractivity contribution in [1.82, 2.24) is 16.0 Å². The Bertz CT molecular complexity index is 751. The standard InChI is InChI=1S/C31H55N3O3/c1-26(2,3)13-10-23(35)32-29-16-22-17-30(19-29,33-24(36)11-14-27(4,5)6)21-31(18-22,20-29)34-25(37)12-15-28(7,8)9/h22H,10-21H2,1-9H3,(H,32,35)(H,33,36)(H,34,37). The monoisotopic (exact) mass is 517 g/mol. The zero-order valence-electron chi connectivity index (χ0n) is 25.3. The maximum absolute atomic E-state index is 13.2. The third-order valence-electron chi connectivity index (χ3n) is 8.59. The summed E-state index contributed by atoms with van der Waals surface area (Å²) in [5.74, 6) is 0.672. The molecule has 0 radical (unpaired) electrons. The third-order valence-corrected chi connectivity index (χ3v) is 8.59. The Balaban J connectivity index is 1.81. The highest BCUT2D eigenvalue weighted by molar-refractivity contribution is 5.79. The molecule has 3 N–H and O–H groups in total. The number of rotatable bonds is 9. The van der Waals surface area contributed by atoms with E-state index in [4.69, 9.17) is 0 Å². The summed E-state index contributed by atoms with van der Waals surface area (Å²) in [6.07, 6.45) is 9.12.